The van der Waals surface area contributed by atoms with E-state index in [1.54, 1.807) is 41.3 Å². The van der Waals surface area contributed by atoms with Crippen LogP contribution in [-0.2, 0) is 4.79 Å². The Morgan fingerprint density at radius 2 is 1.88 bits per heavy atom. The molecule has 1 fully saturated rings. The van der Waals surface area contributed by atoms with Gasteiger partial charge in [-0.05, 0) is 42.8 Å². The zero-order valence-corrected chi connectivity index (χ0v) is 12.8. The summed E-state index contributed by atoms with van der Waals surface area (Å²) in [4.78, 5) is 24.9. The summed E-state index contributed by atoms with van der Waals surface area (Å²) in [6.07, 6.45) is 0.474. The molecule has 1 N–H and O–H groups in total. The van der Waals surface area contributed by atoms with Crippen LogP contribution < -0.4 is 4.74 Å². The molecule has 1 amide bonds. The van der Waals surface area contributed by atoms with Crippen molar-refractivity contribution in [2.45, 2.75) is 6.42 Å². The highest BCUT2D eigenvalue weighted by Gasteiger charge is 2.31. The first kappa shape index (κ1) is 16.0. The number of halogens is 1. The summed E-state index contributed by atoms with van der Waals surface area (Å²) in [7, 11) is 0. The third kappa shape index (κ3) is 3.53. The van der Waals surface area contributed by atoms with E-state index in [0.29, 0.717) is 30.0 Å². The van der Waals surface area contributed by atoms with Crippen LogP contribution in [0.1, 0.15) is 16.8 Å². The Balaban J connectivity index is 1.66. The molecule has 1 aliphatic heterocycles. The van der Waals surface area contributed by atoms with Gasteiger partial charge in [0, 0.05) is 24.7 Å². The second-order valence-electron chi connectivity index (χ2n) is 5.66. The van der Waals surface area contributed by atoms with Crippen molar-refractivity contribution in [3.63, 3.8) is 0 Å². The Labute approximate surface area is 138 Å². The lowest BCUT2D eigenvalue weighted by atomic mass is 10.1. The van der Waals surface area contributed by atoms with Gasteiger partial charge in [0.2, 0.25) is 0 Å². The van der Waals surface area contributed by atoms with Gasteiger partial charge in [-0.25, -0.2) is 4.39 Å². The first-order valence-corrected chi connectivity index (χ1v) is 7.58. The van der Waals surface area contributed by atoms with Gasteiger partial charge in [0.25, 0.3) is 5.91 Å². The lowest BCUT2D eigenvalue weighted by Gasteiger charge is -2.16. The predicted octanol–water partition coefficient (Wildman–Crippen LogP) is 3.16. The van der Waals surface area contributed by atoms with E-state index >= 15 is 0 Å². The minimum Gasteiger partial charge on any atom is -0.481 e. The van der Waals surface area contributed by atoms with Gasteiger partial charge >= 0.3 is 5.97 Å². The van der Waals surface area contributed by atoms with Crippen molar-refractivity contribution in [1.82, 2.24) is 4.90 Å². The fourth-order valence-electron chi connectivity index (χ4n) is 2.66. The summed E-state index contributed by atoms with van der Waals surface area (Å²) in [5, 5.41) is 9.00. The fourth-order valence-corrected chi connectivity index (χ4v) is 2.66. The summed E-state index contributed by atoms with van der Waals surface area (Å²) in [6, 6.07) is 12.3. The van der Waals surface area contributed by atoms with Crippen molar-refractivity contribution in [3.05, 3.63) is 59.9 Å². The van der Waals surface area contributed by atoms with Crippen molar-refractivity contribution < 1.29 is 23.8 Å². The fraction of sp³-hybridized carbons (Fsp3) is 0.222. The SMILES string of the molecule is O=C(O)[C@H]1CCN(C(=O)c2ccc(Oc3cccc(F)c3)cc2)C1. The number of aliphatic carboxylic acids is 1. The molecule has 0 bridgehead atoms. The Bertz CT molecular complexity index is 760. The maximum absolute atomic E-state index is 13.1. The van der Waals surface area contributed by atoms with E-state index in [0.717, 1.165) is 0 Å². The van der Waals surface area contributed by atoms with Gasteiger partial charge in [0.1, 0.15) is 17.3 Å². The minimum atomic E-state index is -0.871. The van der Waals surface area contributed by atoms with Crippen molar-refractivity contribution in [2.24, 2.45) is 5.92 Å². The Hall–Kier alpha value is -2.89. The number of amides is 1. The first-order valence-electron chi connectivity index (χ1n) is 7.58. The molecule has 3 rings (SSSR count). The number of carboxylic acid groups (broad SMARTS) is 1. The summed E-state index contributed by atoms with van der Waals surface area (Å²) in [5.74, 6) is -1.09. The van der Waals surface area contributed by atoms with Crippen LogP contribution >= 0.6 is 0 Å². The lowest BCUT2D eigenvalue weighted by molar-refractivity contribution is -0.141. The normalized spacial score (nSPS) is 16.9. The number of likely N-dealkylation sites (tertiary alicyclic amines) is 1. The number of carbonyl (C=O) groups excluding carboxylic acids is 1. The molecule has 1 heterocycles. The number of benzene rings is 2. The molecule has 2 aromatic carbocycles. The lowest BCUT2D eigenvalue weighted by Crippen LogP contribution is -2.29. The molecule has 0 saturated carbocycles. The molecular weight excluding hydrogens is 313 g/mol. The molecule has 1 saturated heterocycles. The van der Waals surface area contributed by atoms with Gasteiger partial charge in [0.15, 0.2) is 0 Å². The molecule has 1 aliphatic rings. The average Bonchev–Trinajstić information content (AvgIpc) is 3.05. The molecule has 124 valence electrons. The molecular formula is C18H16FNO4. The number of carbonyl (C=O) groups is 2. The monoisotopic (exact) mass is 329 g/mol. The van der Waals surface area contributed by atoms with Crippen LogP contribution in [0.25, 0.3) is 0 Å². The molecule has 24 heavy (non-hydrogen) atoms. The number of rotatable bonds is 4. The van der Waals surface area contributed by atoms with Crippen molar-refractivity contribution in [3.8, 4) is 11.5 Å². The topological polar surface area (TPSA) is 66.8 Å². The maximum Gasteiger partial charge on any atom is 0.308 e. The van der Waals surface area contributed by atoms with E-state index in [2.05, 4.69) is 0 Å². The van der Waals surface area contributed by atoms with E-state index < -0.39 is 11.9 Å². The highest BCUT2D eigenvalue weighted by Crippen LogP contribution is 2.24. The highest BCUT2D eigenvalue weighted by atomic mass is 19.1. The third-order valence-corrected chi connectivity index (χ3v) is 3.96. The molecule has 1 atom stereocenters. The van der Waals surface area contributed by atoms with Gasteiger partial charge in [-0.3, -0.25) is 9.59 Å². The van der Waals surface area contributed by atoms with Gasteiger partial charge in [0.05, 0.1) is 5.92 Å². The number of hydrogen-bond acceptors (Lipinski definition) is 3. The van der Waals surface area contributed by atoms with Gasteiger partial charge < -0.3 is 14.7 Å². The molecule has 0 aromatic heterocycles. The Morgan fingerprint density at radius 3 is 2.50 bits per heavy atom. The molecule has 0 unspecified atom stereocenters. The van der Waals surface area contributed by atoms with Crippen LogP contribution in [-0.4, -0.2) is 35.0 Å². The van der Waals surface area contributed by atoms with Crippen LogP contribution in [0.4, 0.5) is 4.39 Å². The Morgan fingerprint density at radius 1 is 1.12 bits per heavy atom. The van der Waals surface area contributed by atoms with Crippen molar-refractivity contribution in [2.75, 3.05) is 13.1 Å². The van der Waals surface area contributed by atoms with Gasteiger partial charge in [-0.2, -0.15) is 0 Å². The predicted molar refractivity (Wildman–Crippen MR) is 84.6 cm³/mol. The van der Waals surface area contributed by atoms with Crippen molar-refractivity contribution >= 4 is 11.9 Å². The maximum atomic E-state index is 13.1. The van der Waals surface area contributed by atoms with Gasteiger partial charge in [-0.1, -0.05) is 6.07 Å². The van der Waals surface area contributed by atoms with Crippen LogP contribution in [0, 0.1) is 11.7 Å². The molecule has 0 radical (unpaired) electrons. The second kappa shape index (κ2) is 6.70. The van der Waals surface area contributed by atoms with E-state index in [-0.39, 0.29) is 18.3 Å². The summed E-state index contributed by atoms with van der Waals surface area (Å²) in [5.41, 5.74) is 0.465. The Kier molecular flexibility index (Phi) is 4.46. The standard InChI is InChI=1S/C18H16FNO4/c19-14-2-1-3-16(10-14)24-15-6-4-12(5-7-15)17(21)20-9-8-13(11-20)18(22)23/h1-7,10,13H,8-9,11H2,(H,22,23)/t13-/m0/s1. The minimum absolute atomic E-state index is 0.198. The van der Waals surface area contributed by atoms with Crippen molar-refractivity contribution in [1.29, 1.82) is 0 Å². The number of ether oxygens (including phenoxy) is 1. The molecule has 0 spiro atoms. The second-order valence-corrected chi connectivity index (χ2v) is 5.66. The van der Waals surface area contributed by atoms with E-state index in [9.17, 15) is 14.0 Å². The van der Waals surface area contributed by atoms with Gasteiger partial charge in [-0.15, -0.1) is 0 Å². The zero-order valence-electron chi connectivity index (χ0n) is 12.8. The van der Waals surface area contributed by atoms with E-state index in [1.807, 2.05) is 0 Å². The first-order chi connectivity index (χ1) is 11.5. The van der Waals surface area contributed by atoms with E-state index in [4.69, 9.17) is 9.84 Å². The number of carboxylic acids is 1. The number of hydrogen-bond donors (Lipinski definition) is 1. The van der Waals surface area contributed by atoms with Crippen LogP contribution in [0.15, 0.2) is 48.5 Å². The summed E-state index contributed by atoms with van der Waals surface area (Å²) < 4.78 is 18.7. The molecule has 6 heteroatoms. The molecule has 5 nitrogen and oxygen atoms in total. The van der Waals surface area contributed by atoms with Crippen LogP contribution in [0.5, 0.6) is 11.5 Å². The quantitative estimate of drug-likeness (QED) is 0.935. The van der Waals surface area contributed by atoms with E-state index in [1.165, 1.54) is 12.1 Å². The molecule has 2 aromatic rings. The average molecular weight is 329 g/mol. The molecule has 0 aliphatic carbocycles. The summed E-state index contributed by atoms with van der Waals surface area (Å²) >= 11 is 0. The summed E-state index contributed by atoms with van der Waals surface area (Å²) in [6.45, 7) is 0.674. The number of nitrogens with zero attached hydrogens (tertiary/aromatic N) is 1. The zero-order chi connectivity index (χ0) is 17.1. The smallest absolute Gasteiger partial charge is 0.308 e. The third-order valence-electron chi connectivity index (χ3n) is 3.96. The largest absolute Gasteiger partial charge is 0.481 e. The van der Waals surface area contributed by atoms with Crippen LogP contribution in [0.2, 0.25) is 0 Å². The highest BCUT2D eigenvalue weighted by molar-refractivity contribution is 5.95. The van der Waals surface area contributed by atoms with Crippen LogP contribution in [0.3, 0.4) is 0 Å².